The maximum absolute atomic E-state index is 12.8. The number of carbonyl (C=O) groups excluding carboxylic acids is 3. The van der Waals surface area contributed by atoms with Crippen LogP contribution in [0, 0.1) is 0 Å². The summed E-state index contributed by atoms with van der Waals surface area (Å²) in [4.78, 5) is 37.8. The van der Waals surface area contributed by atoms with Gasteiger partial charge in [-0.25, -0.2) is 0 Å². The van der Waals surface area contributed by atoms with Crippen LogP contribution in [0.25, 0.3) is 0 Å². The Balaban J connectivity index is 4.42. The lowest BCUT2D eigenvalue weighted by Crippen LogP contribution is -2.30. The van der Waals surface area contributed by atoms with E-state index in [-0.39, 0.29) is 44.0 Å². The van der Waals surface area contributed by atoms with Gasteiger partial charge in [-0.05, 0) is 122 Å². The molecule has 0 aliphatic carbocycles. The van der Waals surface area contributed by atoms with E-state index in [0.717, 1.165) is 122 Å². The Hall–Kier alpha value is -4.71. The van der Waals surface area contributed by atoms with Crippen molar-refractivity contribution in [3.8, 4) is 0 Å². The minimum atomic E-state index is -0.822. The molecule has 66 heavy (non-hydrogen) atoms. The van der Waals surface area contributed by atoms with E-state index < -0.39 is 6.10 Å². The van der Waals surface area contributed by atoms with Crippen LogP contribution in [-0.4, -0.2) is 37.2 Å². The van der Waals surface area contributed by atoms with Gasteiger partial charge in [0.05, 0.1) is 0 Å². The highest BCUT2D eigenvalue weighted by molar-refractivity contribution is 5.71. The van der Waals surface area contributed by atoms with E-state index in [2.05, 4.69) is 167 Å². The summed E-state index contributed by atoms with van der Waals surface area (Å²) in [5.41, 5.74) is 0. The molecule has 0 saturated carbocycles. The second kappa shape index (κ2) is 52.9. The van der Waals surface area contributed by atoms with Crippen LogP contribution in [0.2, 0.25) is 0 Å². The molecule has 1 unspecified atom stereocenters. The summed E-state index contributed by atoms with van der Waals surface area (Å²) in [6, 6.07) is 0. The van der Waals surface area contributed by atoms with Gasteiger partial charge in [0.25, 0.3) is 0 Å². The third kappa shape index (κ3) is 50.3. The Labute approximate surface area is 404 Å². The number of carbonyl (C=O) groups is 3. The highest BCUT2D eigenvalue weighted by atomic mass is 16.6. The molecule has 0 rings (SSSR count). The topological polar surface area (TPSA) is 78.9 Å². The Morgan fingerprint density at radius 2 is 0.591 bits per heavy atom. The van der Waals surface area contributed by atoms with Crippen molar-refractivity contribution in [3.63, 3.8) is 0 Å². The number of esters is 3. The van der Waals surface area contributed by atoms with E-state index in [1.54, 1.807) is 0 Å². The first-order chi connectivity index (χ1) is 32.5. The molecule has 0 aromatic rings. The van der Waals surface area contributed by atoms with Gasteiger partial charge in [-0.3, -0.25) is 14.4 Å². The SMILES string of the molecule is CC/C=C\C/C=C\C/C=C\C/C=C\C/C=C\C/C=C\CCCCC(=O)OCC(COC(=O)CCCCCCCC)OC(=O)CCCC/C=C\C/C=C\C/C=C\C/C=C\C/C=C\C/C=C\CC. The first-order valence-corrected chi connectivity index (χ1v) is 25.8. The average molecular weight is 909 g/mol. The number of hydrogen-bond acceptors (Lipinski definition) is 6. The largest absolute Gasteiger partial charge is 0.462 e. The van der Waals surface area contributed by atoms with Crippen LogP contribution in [0.5, 0.6) is 0 Å². The van der Waals surface area contributed by atoms with Crippen molar-refractivity contribution in [2.75, 3.05) is 13.2 Å². The highest BCUT2D eigenvalue weighted by Crippen LogP contribution is 2.11. The van der Waals surface area contributed by atoms with Crippen molar-refractivity contribution in [1.82, 2.24) is 0 Å². The standard InChI is InChI=1S/C60H92O6/c1-4-7-10-13-16-18-20-22-24-26-28-30-32-34-36-38-40-42-44-47-50-53-59(62)65-56-57(55-64-58(61)52-49-46-15-12-9-6-3)66-60(63)54-51-48-45-43-41-39-37-35-33-31-29-27-25-23-21-19-17-14-11-8-5-2/h7-8,10-11,16-19,22-25,28-31,34-37,40-43,57H,4-6,9,12-15,20-21,26-27,32-33,38-39,44-56H2,1-3H3/b10-7-,11-8-,18-16-,19-17-,24-22-,25-23-,30-28-,31-29-,36-34-,37-35-,42-40-,43-41-. The molecule has 0 aliphatic rings. The van der Waals surface area contributed by atoms with Gasteiger partial charge in [0.15, 0.2) is 6.10 Å². The first kappa shape index (κ1) is 61.3. The van der Waals surface area contributed by atoms with E-state index in [1.165, 1.54) is 19.3 Å². The number of ether oxygens (including phenoxy) is 3. The molecule has 0 spiro atoms. The minimum absolute atomic E-state index is 0.116. The molecule has 6 nitrogen and oxygen atoms in total. The lowest BCUT2D eigenvalue weighted by molar-refractivity contribution is -0.167. The van der Waals surface area contributed by atoms with Crippen molar-refractivity contribution in [3.05, 3.63) is 146 Å². The van der Waals surface area contributed by atoms with Gasteiger partial charge in [-0.1, -0.05) is 199 Å². The summed E-state index contributed by atoms with van der Waals surface area (Å²) in [7, 11) is 0. The molecule has 0 amide bonds. The summed E-state index contributed by atoms with van der Waals surface area (Å²) < 4.78 is 16.6. The van der Waals surface area contributed by atoms with Crippen LogP contribution in [0.3, 0.4) is 0 Å². The van der Waals surface area contributed by atoms with E-state index in [4.69, 9.17) is 14.2 Å². The van der Waals surface area contributed by atoms with Gasteiger partial charge in [0, 0.05) is 19.3 Å². The van der Waals surface area contributed by atoms with Crippen LogP contribution in [0.4, 0.5) is 0 Å². The lowest BCUT2D eigenvalue weighted by Gasteiger charge is -2.18. The molecule has 6 heteroatoms. The molecule has 0 heterocycles. The number of hydrogen-bond donors (Lipinski definition) is 0. The number of allylic oxidation sites excluding steroid dienone is 24. The Morgan fingerprint density at radius 3 is 0.924 bits per heavy atom. The maximum atomic E-state index is 12.8. The molecule has 0 N–H and O–H groups in total. The zero-order valence-electron chi connectivity index (χ0n) is 41.9. The summed E-state index contributed by atoms with van der Waals surface area (Å²) in [6.07, 6.45) is 75.7. The van der Waals surface area contributed by atoms with E-state index in [1.807, 2.05) is 0 Å². The third-order valence-electron chi connectivity index (χ3n) is 10.1. The summed E-state index contributed by atoms with van der Waals surface area (Å²) >= 11 is 0. The van der Waals surface area contributed by atoms with Gasteiger partial charge < -0.3 is 14.2 Å². The van der Waals surface area contributed by atoms with Crippen LogP contribution in [0.15, 0.2) is 146 Å². The third-order valence-corrected chi connectivity index (χ3v) is 10.1. The lowest BCUT2D eigenvalue weighted by atomic mass is 10.1. The molecule has 368 valence electrons. The summed E-state index contributed by atoms with van der Waals surface area (Å²) in [5, 5.41) is 0. The van der Waals surface area contributed by atoms with Crippen molar-refractivity contribution in [1.29, 1.82) is 0 Å². The molecule has 0 radical (unpaired) electrons. The van der Waals surface area contributed by atoms with Crippen LogP contribution >= 0.6 is 0 Å². The second-order valence-electron chi connectivity index (χ2n) is 16.3. The Bertz CT molecular complexity index is 1510. The zero-order chi connectivity index (χ0) is 47.9. The fourth-order valence-electron chi connectivity index (χ4n) is 6.27. The second-order valence-corrected chi connectivity index (χ2v) is 16.3. The van der Waals surface area contributed by atoms with Crippen LogP contribution in [-0.2, 0) is 28.6 Å². The molecule has 0 bridgehead atoms. The molecule has 0 aliphatic heterocycles. The fourth-order valence-corrected chi connectivity index (χ4v) is 6.27. The van der Waals surface area contributed by atoms with Gasteiger partial charge in [-0.2, -0.15) is 0 Å². The average Bonchev–Trinajstić information content (AvgIpc) is 3.31. The van der Waals surface area contributed by atoms with Crippen LogP contribution in [0.1, 0.15) is 194 Å². The summed E-state index contributed by atoms with van der Waals surface area (Å²) in [6.45, 7) is 6.24. The van der Waals surface area contributed by atoms with Crippen molar-refractivity contribution in [2.45, 2.75) is 200 Å². The van der Waals surface area contributed by atoms with Gasteiger partial charge in [0.1, 0.15) is 13.2 Å². The summed E-state index contributed by atoms with van der Waals surface area (Å²) in [5.74, 6) is -1.03. The molecule has 0 aromatic carbocycles. The van der Waals surface area contributed by atoms with E-state index >= 15 is 0 Å². The normalized spacial score (nSPS) is 13.3. The van der Waals surface area contributed by atoms with Crippen molar-refractivity contribution in [2.24, 2.45) is 0 Å². The Morgan fingerprint density at radius 1 is 0.318 bits per heavy atom. The monoisotopic (exact) mass is 909 g/mol. The number of unbranched alkanes of at least 4 members (excludes halogenated alkanes) is 9. The molecule has 0 fully saturated rings. The van der Waals surface area contributed by atoms with Crippen LogP contribution < -0.4 is 0 Å². The number of rotatable bonds is 44. The Kier molecular flexibility index (Phi) is 49.1. The first-order valence-electron chi connectivity index (χ1n) is 25.8. The van der Waals surface area contributed by atoms with E-state index in [9.17, 15) is 14.4 Å². The van der Waals surface area contributed by atoms with E-state index in [0.29, 0.717) is 19.3 Å². The predicted octanol–water partition coefficient (Wildman–Crippen LogP) is 17.3. The highest BCUT2D eigenvalue weighted by Gasteiger charge is 2.19. The van der Waals surface area contributed by atoms with Crippen molar-refractivity contribution >= 4 is 17.9 Å². The molecular formula is C60H92O6. The van der Waals surface area contributed by atoms with Gasteiger partial charge >= 0.3 is 17.9 Å². The smallest absolute Gasteiger partial charge is 0.306 e. The zero-order valence-corrected chi connectivity index (χ0v) is 41.9. The fraction of sp³-hybridized carbons (Fsp3) is 0.550. The molecular weight excluding hydrogens is 817 g/mol. The predicted molar refractivity (Wildman–Crippen MR) is 283 cm³/mol. The van der Waals surface area contributed by atoms with Gasteiger partial charge in [0.2, 0.25) is 0 Å². The minimum Gasteiger partial charge on any atom is -0.462 e. The molecule has 1 atom stereocenters. The molecule has 0 aromatic heterocycles. The van der Waals surface area contributed by atoms with Crippen molar-refractivity contribution < 1.29 is 28.6 Å². The quantitative estimate of drug-likeness (QED) is 0.0262. The maximum Gasteiger partial charge on any atom is 0.306 e. The van der Waals surface area contributed by atoms with Gasteiger partial charge in [-0.15, -0.1) is 0 Å². The molecule has 0 saturated heterocycles.